The molecule has 3 aromatic heterocycles. The summed E-state index contributed by atoms with van der Waals surface area (Å²) in [4.78, 5) is 30.7. The zero-order valence-corrected chi connectivity index (χ0v) is 13.1. The van der Waals surface area contributed by atoms with Crippen molar-refractivity contribution in [1.82, 2.24) is 24.8 Å². The Bertz CT molecular complexity index is 892. The van der Waals surface area contributed by atoms with Crippen molar-refractivity contribution in [2.45, 2.75) is 19.5 Å². The second kappa shape index (κ2) is 6.33. The summed E-state index contributed by atoms with van der Waals surface area (Å²) in [6.07, 6.45) is 5.97. The molecule has 4 rings (SSSR count). The first-order chi connectivity index (χ1) is 11.8. The van der Waals surface area contributed by atoms with Gasteiger partial charge in [-0.25, -0.2) is 4.98 Å². The molecule has 0 saturated carbocycles. The molecule has 0 aliphatic carbocycles. The molecular formula is C18H17N5O. The third-order valence-electron chi connectivity index (χ3n) is 4.19. The van der Waals surface area contributed by atoms with Crippen molar-refractivity contribution in [2.75, 3.05) is 6.54 Å². The first-order valence-electron chi connectivity index (χ1n) is 7.94. The number of fused-ring (bicyclic) bond motifs is 1. The van der Waals surface area contributed by atoms with Crippen LogP contribution in [-0.2, 0) is 19.5 Å². The monoisotopic (exact) mass is 319 g/mol. The lowest BCUT2D eigenvalue weighted by Crippen LogP contribution is -2.35. The Balaban J connectivity index is 1.60. The minimum absolute atomic E-state index is 0.0652. The third kappa shape index (κ3) is 2.96. The van der Waals surface area contributed by atoms with Crippen LogP contribution in [0.15, 0.2) is 53.7 Å². The van der Waals surface area contributed by atoms with Crippen molar-refractivity contribution in [1.29, 1.82) is 0 Å². The Kier molecular flexibility index (Phi) is 3.88. The number of aromatic nitrogens is 4. The van der Waals surface area contributed by atoms with Gasteiger partial charge < -0.3 is 4.98 Å². The van der Waals surface area contributed by atoms with Gasteiger partial charge in [-0.3, -0.25) is 19.7 Å². The van der Waals surface area contributed by atoms with E-state index in [9.17, 15) is 4.79 Å². The molecule has 120 valence electrons. The molecule has 0 fully saturated rings. The van der Waals surface area contributed by atoms with Gasteiger partial charge in [-0.2, -0.15) is 0 Å². The average molecular weight is 319 g/mol. The number of pyridine rings is 2. The number of rotatable bonds is 3. The maximum atomic E-state index is 12.5. The highest BCUT2D eigenvalue weighted by Crippen LogP contribution is 2.19. The van der Waals surface area contributed by atoms with E-state index < -0.39 is 0 Å². The Hall–Kier alpha value is -2.86. The van der Waals surface area contributed by atoms with E-state index in [-0.39, 0.29) is 5.56 Å². The van der Waals surface area contributed by atoms with Crippen molar-refractivity contribution in [3.63, 3.8) is 0 Å². The Morgan fingerprint density at radius 1 is 1.17 bits per heavy atom. The van der Waals surface area contributed by atoms with Crippen LogP contribution < -0.4 is 5.56 Å². The van der Waals surface area contributed by atoms with Gasteiger partial charge in [0.2, 0.25) is 0 Å². The second-order valence-corrected chi connectivity index (χ2v) is 5.86. The lowest BCUT2D eigenvalue weighted by atomic mass is 10.1. The molecule has 0 spiro atoms. The van der Waals surface area contributed by atoms with E-state index in [0.717, 1.165) is 42.0 Å². The summed E-state index contributed by atoms with van der Waals surface area (Å²) >= 11 is 0. The highest BCUT2D eigenvalue weighted by molar-refractivity contribution is 5.53. The van der Waals surface area contributed by atoms with Gasteiger partial charge in [0.15, 0.2) is 0 Å². The van der Waals surface area contributed by atoms with Crippen LogP contribution in [-0.4, -0.2) is 31.4 Å². The van der Waals surface area contributed by atoms with Crippen molar-refractivity contribution in [3.05, 3.63) is 76.2 Å². The maximum Gasteiger partial charge on any atom is 0.255 e. The summed E-state index contributed by atoms with van der Waals surface area (Å²) in [5.41, 5.74) is 3.41. The van der Waals surface area contributed by atoms with E-state index in [1.54, 1.807) is 18.6 Å². The molecular weight excluding hydrogens is 302 g/mol. The number of hydrogen-bond acceptors (Lipinski definition) is 5. The highest BCUT2D eigenvalue weighted by Gasteiger charge is 2.21. The number of H-pyrrole nitrogens is 1. The fraction of sp³-hybridized carbons (Fsp3) is 0.222. The normalized spacial score (nSPS) is 14.3. The van der Waals surface area contributed by atoms with E-state index in [4.69, 9.17) is 0 Å². The van der Waals surface area contributed by atoms with Crippen molar-refractivity contribution >= 4 is 0 Å². The molecule has 1 aliphatic heterocycles. The zero-order chi connectivity index (χ0) is 16.4. The molecule has 1 aliphatic rings. The molecule has 3 aromatic rings. The summed E-state index contributed by atoms with van der Waals surface area (Å²) in [5.74, 6) is 0.588. The van der Waals surface area contributed by atoms with Gasteiger partial charge in [0.05, 0.1) is 17.0 Å². The average Bonchev–Trinajstić information content (AvgIpc) is 2.64. The van der Waals surface area contributed by atoms with E-state index in [1.807, 2.05) is 30.3 Å². The number of hydrogen-bond donors (Lipinski definition) is 1. The quantitative estimate of drug-likeness (QED) is 0.796. The Labute approximate surface area is 139 Å². The molecule has 1 N–H and O–H groups in total. The first kappa shape index (κ1) is 14.7. The molecule has 6 nitrogen and oxygen atoms in total. The van der Waals surface area contributed by atoms with Crippen LogP contribution in [0.1, 0.15) is 17.0 Å². The minimum Gasteiger partial charge on any atom is -0.306 e. The molecule has 4 heterocycles. The van der Waals surface area contributed by atoms with E-state index in [1.165, 1.54) is 0 Å². The largest absolute Gasteiger partial charge is 0.306 e. The fourth-order valence-corrected chi connectivity index (χ4v) is 2.98. The van der Waals surface area contributed by atoms with Crippen molar-refractivity contribution in [2.24, 2.45) is 0 Å². The maximum absolute atomic E-state index is 12.5. The number of nitrogens with one attached hydrogen (secondary N) is 1. The van der Waals surface area contributed by atoms with Crippen LogP contribution in [0.4, 0.5) is 0 Å². The predicted molar refractivity (Wildman–Crippen MR) is 90.1 cm³/mol. The minimum atomic E-state index is -0.0652. The predicted octanol–water partition coefficient (Wildman–Crippen LogP) is 1.79. The van der Waals surface area contributed by atoms with Gasteiger partial charge in [-0.1, -0.05) is 6.07 Å². The van der Waals surface area contributed by atoms with Crippen LogP contribution in [0.3, 0.4) is 0 Å². The van der Waals surface area contributed by atoms with Gasteiger partial charge in [0.25, 0.3) is 5.56 Å². The van der Waals surface area contributed by atoms with Crippen LogP contribution in [0.5, 0.6) is 0 Å². The Morgan fingerprint density at radius 3 is 2.92 bits per heavy atom. The molecule has 0 radical (unpaired) electrons. The number of aromatic amines is 1. The van der Waals surface area contributed by atoms with Gasteiger partial charge >= 0.3 is 0 Å². The molecule has 0 bridgehead atoms. The second-order valence-electron chi connectivity index (χ2n) is 5.86. The van der Waals surface area contributed by atoms with E-state index >= 15 is 0 Å². The zero-order valence-electron chi connectivity index (χ0n) is 13.1. The number of nitrogens with zero attached hydrogens (tertiary/aromatic N) is 4. The van der Waals surface area contributed by atoms with Crippen molar-refractivity contribution < 1.29 is 0 Å². The standard InChI is InChI=1S/C18H17N5O/c24-18-15-12-23(11-14-5-1-2-8-20-14)9-6-16(15)21-17(22-18)13-4-3-7-19-10-13/h1-5,7-8,10H,6,9,11-12H2,(H,21,22,24). The lowest BCUT2D eigenvalue weighted by molar-refractivity contribution is 0.239. The summed E-state index contributed by atoms with van der Waals surface area (Å²) in [5, 5.41) is 0. The molecule has 0 unspecified atom stereocenters. The van der Waals surface area contributed by atoms with Gasteiger partial charge in [0, 0.05) is 50.2 Å². The molecule has 6 heteroatoms. The highest BCUT2D eigenvalue weighted by atomic mass is 16.1. The topological polar surface area (TPSA) is 74.8 Å². The van der Waals surface area contributed by atoms with Crippen LogP contribution >= 0.6 is 0 Å². The fourth-order valence-electron chi connectivity index (χ4n) is 2.98. The first-order valence-corrected chi connectivity index (χ1v) is 7.94. The molecule has 0 atom stereocenters. The summed E-state index contributed by atoms with van der Waals surface area (Å²) in [7, 11) is 0. The SMILES string of the molecule is O=c1[nH]c(-c2cccnc2)nc2c1CN(Cc1ccccn1)CC2. The Morgan fingerprint density at radius 2 is 2.12 bits per heavy atom. The lowest BCUT2D eigenvalue weighted by Gasteiger charge is -2.27. The molecule has 0 amide bonds. The molecule has 24 heavy (non-hydrogen) atoms. The van der Waals surface area contributed by atoms with Crippen LogP contribution in [0, 0.1) is 0 Å². The van der Waals surface area contributed by atoms with E-state index in [0.29, 0.717) is 12.4 Å². The van der Waals surface area contributed by atoms with Gasteiger partial charge in [0.1, 0.15) is 5.82 Å². The van der Waals surface area contributed by atoms with E-state index in [2.05, 4.69) is 24.8 Å². The smallest absolute Gasteiger partial charge is 0.255 e. The van der Waals surface area contributed by atoms with Gasteiger partial charge in [-0.15, -0.1) is 0 Å². The van der Waals surface area contributed by atoms with Gasteiger partial charge in [-0.05, 0) is 24.3 Å². The third-order valence-corrected chi connectivity index (χ3v) is 4.19. The molecule has 0 saturated heterocycles. The summed E-state index contributed by atoms with van der Waals surface area (Å²) in [6.45, 7) is 2.21. The summed E-state index contributed by atoms with van der Waals surface area (Å²) in [6, 6.07) is 9.62. The van der Waals surface area contributed by atoms with Crippen LogP contribution in [0.25, 0.3) is 11.4 Å². The van der Waals surface area contributed by atoms with Crippen LogP contribution in [0.2, 0.25) is 0 Å². The summed E-state index contributed by atoms with van der Waals surface area (Å²) < 4.78 is 0. The molecule has 0 aromatic carbocycles. The van der Waals surface area contributed by atoms with Crippen molar-refractivity contribution in [3.8, 4) is 11.4 Å².